The molecule has 1 fully saturated rings. The van der Waals surface area contributed by atoms with Gasteiger partial charge in [0, 0.05) is 44.3 Å². The maximum absolute atomic E-state index is 12.4. The fourth-order valence-electron chi connectivity index (χ4n) is 3.33. The van der Waals surface area contributed by atoms with Crippen molar-refractivity contribution in [2.75, 3.05) is 45.3 Å². The summed E-state index contributed by atoms with van der Waals surface area (Å²) in [6.45, 7) is 3.14. The van der Waals surface area contributed by atoms with Crippen LogP contribution in [0.2, 0.25) is 5.02 Å². The number of benzene rings is 1. The van der Waals surface area contributed by atoms with Crippen LogP contribution in [-0.2, 0) is 21.4 Å². The first-order valence-corrected chi connectivity index (χ1v) is 9.73. The molecule has 1 aromatic carbocycles. The number of rotatable bonds is 6. The molecule has 0 radical (unpaired) electrons. The topological polar surface area (TPSA) is 84.8 Å². The molecule has 0 spiro atoms. The summed E-state index contributed by atoms with van der Waals surface area (Å²) in [5.74, 6) is -0.965. The second-order valence-electron chi connectivity index (χ2n) is 6.72. The first kappa shape index (κ1) is 21.2. The highest BCUT2D eigenvalue weighted by Crippen LogP contribution is 2.27. The van der Waals surface area contributed by atoms with Crippen LogP contribution in [-0.4, -0.2) is 61.2 Å². The van der Waals surface area contributed by atoms with Gasteiger partial charge in [-0.1, -0.05) is 11.6 Å². The van der Waals surface area contributed by atoms with E-state index < -0.39 is 11.8 Å². The van der Waals surface area contributed by atoms with Crippen LogP contribution in [0.4, 0.5) is 5.69 Å². The van der Waals surface area contributed by atoms with Gasteiger partial charge in [-0.05, 0) is 30.3 Å². The van der Waals surface area contributed by atoms with Gasteiger partial charge in [0.1, 0.15) is 5.75 Å². The SMILES string of the molecule is COc1ccc(NC(=O)C(=O)NCC(c2cccn2C)N2CCOCC2)cc1Cl. The molecule has 1 saturated heterocycles. The molecule has 2 heterocycles. The molecule has 0 aliphatic carbocycles. The maximum Gasteiger partial charge on any atom is 0.313 e. The highest BCUT2D eigenvalue weighted by atomic mass is 35.5. The molecule has 29 heavy (non-hydrogen) atoms. The zero-order valence-electron chi connectivity index (χ0n) is 16.5. The number of morpholine rings is 1. The van der Waals surface area contributed by atoms with E-state index in [2.05, 4.69) is 15.5 Å². The maximum atomic E-state index is 12.4. The molecule has 0 saturated carbocycles. The fraction of sp³-hybridized carbons (Fsp3) is 0.400. The van der Waals surface area contributed by atoms with Crippen LogP contribution < -0.4 is 15.4 Å². The summed E-state index contributed by atoms with van der Waals surface area (Å²) in [6, 6.07) is 8.71. The van der Waals surface area contributed by atoms with Crippen LogP contribution >= 0.6 is 11.6 Å². The molecule has 2 amide bonds. The van der Waals surface area contributed by atoms with Crippen LogP contribution in [0.1, 0.15) is 11.7 Å². The number of methoxy groups -OCH3 is 1. The van der Waals surface area contributed by atoms with Gasteiger partial charge in [-0.2, -0.15) is 0 Å². The number of carbonyl (C=O) groups is 2. The Morgan fingerprint density at radius 3 is 2.62 bits per heavy atom. The van der Waals surface area contributed by atoms with Crippen molar-refractivity contribution in [3.05, 3.63) is 47.2 Å². The first-order valence-electron chi connectivity index (χ1n) is 9.35. The van der Waals surface area contributed by atoms with E-state index in [1.807, 2.05) is 29.9 Å². The van der Waals surface area contributed by atoms with Gasteiger partial charge < -0.3 is 24.7 Å². The third-order valence-corrected chi connectivity index (χ3v) is 5.18. The second-order valence-corrected chi connectivity index (χ2v) is 7.13. The standard InChI is InChI=1S/C20H25ClN4O4/c1-24-7-3-4-16(24)17(25-8-10-29-11-9-25)13-22-19(26)20(27)23-14-5-6-18(28-2)15(21)12-14/h3-7,12,17H,8-11,13H2,1-2H3,(H,22,26)(H,23,27). The number of aromatic nitrogens is 1. The van der Waals surface area contributed by atoms with Gasteiger partial charge in [-0.15, -0.1) is 0 Å². The van der Waals surface area contributed by atoms with Gasteiger partial charge in [-0.3, -0.25) is 14.5 Å². The Morgan fingerprint density at radius 2 is 2.00 bits per heavy atom. The summed E-state index contributed by atoms with van der Waals surface area (Å²) < 4.78 is 12.5. The van der Waals surface area contributed by atoms with E-state index in [-0.39, 0.29) is 6.04 Å². The van der Waals surface area contributed by atoms with E-state index in [9.17, 15) is 9.59 Å². The third-order valence-electron chi connectivity index (χ3n) is 4.88. The van der Waals surface area contributed by atoms with E-state index in [0.717, 1.165) is 18.8 Å². The lowest BCUT2D eigenvalue weighted by molar-refractivity contribution is -0.136. The van der Waals surface area contributed by atoms with Gasteiger partial charge in [0.25, 0.3) is 0 Å². The number of anilines is 1. The number of aryl methyl sites for hydroxylation is 1. The quantitative estimate of drug-likeness (QED) is 0.696. The Hall–Kier alpha value is -2.55. The molecular formula is C20H25ClN4O4. The number of amides is 2. The number of halogens is 1. The van der Waals surface area contributed by atoms with E-state index in [4.69, 9.17) is 21.1 Å². The summed E-state index contributed by atoms with van der Waals surface area (Å²) >= 11 is 6.06. The Kier molecular flexibility index (Phi) is 7.13. The normalized spacial score (nSPS) is 15.6. The van der Waals surface area contributed by atoms with Crippen LogP contribution in [0.25, 0.3) is 0 Å². The van der Waals surface area contributed by atoms with Crippen LogP contribution in [0.5, 0.6) is 5.75 Å². The van der Waals surface area contributed by atoms with Crippen LogP contribution in [0.15, 0.2) is 36.5 Å². The third kappa shape index (κ3) is 5.29. The summed E-state index contributed by atoms with van der Waals surface area (Å²) in [5, 5.41) is 5.65. The number of hydrogen-bond acceptors (Lipinski definition) is 5. The van der Waals surface area contributed by atoms with Crippen molar-refractivity contribution in [3.63, 3.8) is 0 Å². The summed E-state index contributed by atoms with van der Waals surface area (Å²) in [5.41, 5.74) is 1.48. The van der Waals surface area contributed by atoms with Gasteiger partial charge in [0.2, 0.25) is 0 Å². The Balaban J connectivity index is 1.62. The molecule has 2 aromatic rings. The minimum atomic E-state index is -0.751. The number of nitrogens with zero attached hydrogens (tertiary/aromatic N) is 2. The predicted octanol–water partition coefficient (Wildman–Crippen LogP) is 1.82. The minimum Gasteiger partial charge on any atom is -0.495 e. The lowest BCUT2D eigenvalue weighted by Gasteiger charge is -2.34. The fourth-order valence-corrected chi connectivity index (χ4v) is 3.59. The number of carbonyl (C=O) groups excluding carboxylic acids is 2. The van der Waals surface area contributed by atoms with Crippen LogP contribution in [0, 0.1) is 0 Å². The summed E-state index contributed by atoms with van der Waals surface area (Å²) in [4.78, 5) is 26.9. The average molecular weight is 421 g/mol. The van der Waals surface area contributed by atoms with Crippen molar-refractivity contribution in [1.82, 2.24) is 14.8 Å². The lowest BCUT2D eigenvalue weighted by Crippen LogP contribution is -2.46. The molecule has 1 aromatic heterocycles. The molecule has 1 aliphatic rings. The molecule has 156 valence electrons. The Labute approximate surface area is 174 Å². The average Bonchev–Trinajstić information content (AvgIpc) is 3.14. The molecule has 8 nitrogen and oxygen atoms in total. The molecule has 0 bridgehead atoms. The van der Waals surface area contributed by atoms with Gasteiger partial charge in [0.15, 0.2) is 0 Å². The van der Waals surface area contributed by atoms with E-state index >= 15 is 0 Å². The van der Waals surface area contributed by atoms with Crippen molar-refractivity contribution in [2.24, 2.45) is 7.05 Å². The highest BCUT2D eigenvalue weighted by molar-refractivity contribution is 6.40. The summed E-state index contributed by atoms with van der Waals surface area (Å²) in [7, 11) is 3.47. The number of nitrogens with one attached hydrogen (secondary N) is 2. The second kappa shape index (κ2) is 9.78. The van der Waals surface area contributed by atoms with Crippen molar-refractivity contribution in [3.8, 4) is 5.75 Å². The Bertz CT molecular complexity index is 864. The first-order chi connectivity index (χ1) is 14.0. The molecule has 1 atom stereocenters. The van der Waals surface area contributed by atoms with Gasteiger partial charge >= 0.3 is 11.8 Å². The van der Waals surface area contributed by atoms with Crippen molar-refractivity contribution in [1.29, 1.82) is 0 Å². The van der Waals surface area contributed by atoms with Crippen molar-refractivity contribution in [2.45, 2.75) is 6.04 Å². The van der Waals surface area contributed by atoms with E-state index in [1.165, 1.54) is 13.2 Å². The zero-order valence-corrected chi connectivity index (χ0v) is 17.2. The molecular weight excluding hydrogens is 396 g/mol. The largest absolute Gasteiger partial charge is 0.495 e. The minimum absolute atomic E-state index is 0.0499. The van der Waals surface area contributed by atoms with Crippen molar-refractivity contribution < 1.29 is 19.1 Å². The molecule has 1 aliphatic heterocycles. The highest BCUT2D eigenvalue weighted by Gasteiger charge is 2.26. The van der Waals surface area contributed by atoms with Gasteiger partial charge in [0.05, 0.1) is 31.4 Å². The predicted molar refractivity (Wildman–Crippen MR) is 110 cm³/mol. The lowest BCUT2D eigenvalue weighted by atomic mass is 10.1. The zero-order chi connectivity index (χ0) is 20.8. The van der Waals surface area contributed by atoms with E-state index in [0.29, 0.717) is 36.2 Å². The molecule has 1 unspecified atom stereocenters. The smallest absolute Gasteiger partial charge is 0.313 e. The monoisotopic (exact) mass is 420 g/mol. The van der Waals surface area contributed by atoms with Crippen LogP contribution in [0.3, 0.4) is 0 Å². The summed E-state index contributed by atoms with van der Waals surface area (Å²) in [6.07, 6.45) is 1.96. The Morgan fingerprint density at radius 1 is 1.24 bits per heavy atom. The van der Waals surface area contributed by atoms with Gasteiger partial charge in [-0.25, -0.2) is 0 Å². The number of ether oxygens (including phenoxy) is 2. The molecule has 9 heteroatoms. The molecule has 2 N–H and O–H groups in total. The van der Waals surface area contributed by atoms with Crippen molar-refractivity contribution >= 4 is 29.1 Å². The van der Waals surface area contributed by atoms with E-state index in [1.54, 1.807) is 12.1 Å². The molecule has 3 rings (SSSR count). The number of hydrogen-bond donors (Lipinski definition) is 2.